The average molecular weight is 368 g/mol. The number of anilines is 2. The number of aryl methyl sites for hydroxylation is 1. The lowest BCUT2D eigenvalue weighted by Crippen LogP contribution is -2.32. The first-order valence-corrected chi connectivity index (χ1v) is 8.65. The van der Waals surface area contributed by atoms with E-state index in [1.165, 1.54) is 18.7 Å². The Morgan fingerprint density at radius 3 is 2.26 bits per heavy atom. The molecule has 0 unspecified atom stereocenters. The van der Waals surface area contributed by atoms with Crippen molar-refractivity contribution < 1.29 is 19.1 Å². The first-order valence-electron chi connectivity index (χ1n) is 8.65. The van der Waals surface area contributed by atoms with Crippen molar-refractivity contribution in [1.82, 2.24) is 0 Å². The lowest BCUT2D eigenvalue weighted by Gasteiger charge is -2.21. The van der Waals surface area contributed by atoms with Crippen molar-refractivity contribution in [3.8, 4) is 5.75 Å². The molecule has 6 nitrogen and oxygen atoms in total. The van der Waals surface area contributed by atoms with E-state index in [-0.39, 0.29) is 30.6 Å². The highest BCUT2D eigenvalue weighted by molar-refractivity contribution is 5.97. The van der Waals surface area contributed by atoms with Crippen molar-refractivity contribution in [2.45, 2.75) is 27.2 Å². The van der Waals surface area contributed by atoms with Gasteiger partial charge in [-0.2, -0.15) is 0 Å². The largest absolute Gasteiger partial charge is 0.495 e. The predicted octanol–water partition coefficient (Wildman–Crippen LogP) is 3.59. The molecule has 2 aromatic rings. The third kappa shape index (κ3) is 5.41. The fourth-order valence-corrected chi connectivity index (χ4v) is 2.69. The number of hydrogen-bond acceptors (Lipinski definition) is 4. The number of hydrogen-bond donors (Lipinski definition) is 1. The maximum Gasteiger partial charge on any atom is 0.226 e. The van der Waals surface area contributed by atoms with Gasteiger partial charge in [0.15, 0.2) is 5.78 Å². The number of amides is 2. The Morgan fingerprint density at radius 1 is 1.04 bits per heavy atom. The fraction of sp³-hybridized carbons (Fsp3) is 0.286. The van der Waals surface area contributed by atoms with Gasteiger partial charge in [-0.15, -0.1) is 0 Å². The summed E-state index contributed by atoms with van der Waals surface area (Å²) >= 11 is 0. The number of nitrogens with zero attached hydrogens (tertiary/aromatic N) is 1. The van der Waals surface area contributed by atoms with E-state index < -0.39 is 0 Å². The third-order valence-corrected chi connectivity index (χ3v) is 4.16. The number of rotatable bonds is 7. The van der Waals surface area contributed by atoms with Crippen LogP contribution in [0.1, 0.15) is 36.2 Å². The van der Waals surface area contributed by atoms with Crippen LogP contribution in [0.4, 0.5) is 11.4 Å². The van der Waals surface area contributed by atoms with E-state index in [4.69, 9.17) is 4.74 Å². The van der Waals surface area contributed by atoms with Crippen LogP contribution in [0.5, 0.6) is 5.75 Å². The molecule has 2 amide bonds. The Labute approximate surface area is 159 Å². The molecule has 0 spiro atoms. The molecule has 1 N–H and O–H groups in total. The van der Waals surface area contributed by atoms with Crippen LogP contribution in [0.15, 0.2) is 42.5 Å². The Balaban J connectivity index is 2.05. The Kier molecular flexibility index (Phi) is 6.71. The summed E-state index contributed by atoms with van der Waals surface area (Å²) in [5, 5.41) is 2.83. The van der Waals surface area contributed by atoms with E-state index in [0.29, 0.717) is 22.7 Å². The lowest BCUT2D eigenvalue weighted by molar-refractivity contribution is -0.117. The van der Waals surface area contributed by atoms with Gasteiger partial charge in [0.1, 0.15) is 5.75 Å². The summed E-state index contributed by atoms with van der Waals surface area (Å²) in [4.78, 5) is 37.2. The summed E-state index contributed by atoms with van der Waals surface area (Å²) in [5.74, 6) is 0.150. The molecule has 0 saturated heterocycles. The molecule has 2 aromatic carbocycles. The van der Waals surface area contributed by atoms with Gasteiger partial charge >= 0.3 is 0 Å². The zero-order valence-electron chi connectivity index (χ0n) is 16.0. The van der Waals surface area contributed by atoms with Gasteiger partial charge in [0.05, 0.1) is 12.8 Å². The molecule has 0 aliphatic heterocycles. The molecule has 142 valence electrons. The number of benzene rings is 2. The summed E-state index contributed by atoms with van der Waals surface area (Å²) < 4.78 is 5.26. The molecule has 6 heteroatoms. The molecule has 2 rings (SSSR count). The van der Waals surface area contributed by atoms with E-state index in [9.17, 15) is 14.4 Å². The molecule has 0 aliphatic carbocycles. The molecule has 0 fully saturated rings. The Morgan fingerprint density at radius 2 is 1.70 bits per heavy atom. The summed E-state index contributed by atoms with van der Waals surface area (Å²) in [5.41, 5.74) is 2.82. The van der Waals surface area contributed by atoms with Crippen LogP contribution in [0.3, 0.4) is 0 Å². The maximum absolute atomic E-state index is 12.3. The van der Waals surface area contributed by atoms with E-state index in [2.05, 4.69) is 5.32 Å². The molecule has 0 aromatic heterocycles. The van der Waals surface area contributed by atoms with E-state index in [1.807, 2.05) is 19.1 Å². The fourth-order valence-electron chi connectivity index (χ4n) is 2.69. The van der Waals surface area contributed by atoms with Gasteiger partial charge in [0, 0.05) is 31.1 Å². The lowest BCUT2D eigenvalue weighted by atomic mass is 10.1. The summed E-state index contributed by atoms with van der Waals surface area (Å²) in [6, 6.07) is 12.3. The minimum Gasteiger partial charge on any atom is -0.495 e. The monoisotopic (exact) mass is 368 g/mol. The maximum atomic E-state index is 12.3. The first-order chi connectivity index (χ1) is 12.8. The second-order valence-corrected chi connectivity index (χ2v) is 6.28. The van der Waals surface area contributed by atoms with Gasteiger partial charge in [0.2, 0.25) is 11.8 Å². The molecule has 0 atom stereocenters. The van der Waals surface area contributed by atoms with Gasteiger partial charge in [0.25, 0.3) is 0 Å². The number of Topliss-reactive ketones (excluding diaryl/α,β-unsaturated/α-hetero) is 1. The highest BCUT2D eigenvalue weighted by Gasteiger charge is 2.15. The van der Waals surface area contributed by atoms with Gasteiger partial charge in [-0.3, -0.25) is 14.4 Å². The smallest absolute Gasteiger partial charge is 0.226 e. The van der Waals surface area contributed by atoms with Crippen molar-refractivity contribution in [2.75, 3.05) is 23.9 Å². The summed E-state index contributed by atoms with van der Waals surface area (Å²) in [6.45, 7) is 5.09. The quantitative estimate of drug-likeness (QED) is 0.758. The van der Waals surface area contributed by atoms with Crippen LogP contribution in [0, 0.1) is 6.92 Å². The molecular weight excluding hydrogens is 344 g/mol. The number of methoxy groups -OCH3 is 1. The molecule has 27 heavy (non-hydrogen) atoms. The number of carbonyl (C=O) groups is 3. The molecule has 0 aliphatic rings. The third-order valence-electron chi connectivity index (χ3n) is 4.16. The van der Waals surface area contributed by atoms with Gasteiger partial charge in [-0.1, -0.05) is 6.07 Å². The zero-order valence-corrected chi connectivity index (χ0v) is 16.0. The van der Waals surface area contributed by atoms with Crippen molar-refractivity contribution >= 4 is 29.0 Å². The minimum absolute atomic E-state index is 0.0394. The van der Waals surface area contributed by atoms with Gasteiger partial charge in [-0.05, 0) is 55.8 Å². The van der Waals surface area contributed by atoms with Crippen molar-refractivity contribution in [1.29, 1.82) is 0 Å². The predicted molar refractivity (Wildman–Crippen MR) is 105 cm³/mol. The second-order valence-electron chi connectivity index (χ2n) is 6.28. The van der Waals surface area contributed by atoms with Crippen molar-refractivity contribution in [3.05, 3.63) is 53.6 Å². The summed E-state index contributed by atoms with van der Waals surface area (Å²) in [7, 11) is 1.54. The van der Waals surface area contributed by atoms with Crippen LogP contribution in [0.25, 0.3) is 0 Å². The molecule has 0 saturated carbocycles. The van der Waals surface area contributed by atoms with Crippen molar-refractivity contribution in [2.24, 2.45) is 0 Å². The topological polar surface area (TPSA) is 75.7 Å². The normalized spacial score (nSPS) is 10.2. The van der Waals surface area contributed by atoms with E-state index in [1.54, 1.807) is 37.4 Å². The van der Waals surface area contributed by atoms with E-state index >= 15 is 0 Å². The van der Waals surface area contributed by atoms with Gasteiger partial charge in [-0.25, -0.2) is 0 Å². The molecule has 0 bridgehead atoms. The molecular formula is C21H24N2O4. The SMILES string of the molecule is COc1ccc(C)cc1NC(=O)CCN(C(C)=O)c1ccc(C(C)=O)cc1. The Bertz CT molecular complexity index is 844. The van der Waals surface area contributed by atoms with Crippen LogP contribution >= 0.6 is 0 Å². The number of nitrogens with one attached hydrogen (secondary N) is 1. The zero-order chi connectivity index (χ0) is 20.0. The van der Waals surface area contributed by atoms with Crippen LogP contribution in [-0.4, -0.2) is 31.3 Å². The second kappa shape index (κ2) is 8.98. The van der Waals surface area contributed by atoms with Crippen molar-refractivity contribution in [3.63, 3.8) is 0 Å². The van der Waals surface area contributed by atoms with Crippen LogP contribution in [-0.2, 0) is 9.59 Å². The van der Waals surface area contributed by atoms with E-state index in [0.717, 1.165) is 5.56 Å². The highest BCUT2D eigenvalue weighted by Crippen LogP contribution is 2.25. The van der Waals surface area contributed by atoms with Crippen LogP contribution < -0.4 is 15.0 Å². The number of ether oxygens (including phenoxy) is 1. The molecule has 0 radical (unpaired) electrons. The van der Waals surface area contributed by atoms with Gasteiger partial charge < -0.3 is 15.0 Å². The summed E-state index contributed by atoms with van der Waals surface area (Å²) in [6.07, 6.45) is 0.130. The average Bonchev–Trinajstić information content (AvgIpc) is 2.62. The minimum atomic E-state index is -0.217. The number of carbonyl (C=O) groups excluding carboxylic acids is 3. The first kappa shape index (κ1) is 20.2. The highest BCUT2D eigenvalue weighted by atomic mass is 16.5. The standard InChI is InChI=1S/C21H24N2O4/c1-14-5-10-20(27-4)19(13-14)22-21(26)11-12-23(16(3)25)18-8-6-17(7-9-18)15(2)24/h5-10,13H,11-12H2,1-4H3,(H,22,26). The molecule has 0 heterocycles. The Hall–Kier alpha value is -3.15. The van der Waals surface area contributed by atoms with Crippen LogP contribution in [0.2, 0.25) is 0 Å². The number of ketones is 1.